The molecule has 0 aliphatic carbocycles. The van der Waals surface area contributed by atoms with Gasteiger partial charge in [0.1, 0.15) is 11.3 Å². The first kappa shape index (κ1) is 16.1. The predicted octanol–water partition coefficient (Wildman–Crippen LogP) is 5.29. The number of aryl methyl sites for hydroxylation is 1. The fourth-order valence-corrected chi connectivity index (χ4v) is 2.99. The zero-order valence-electron chi connectivity index (χ0n) is 11.2. The van der Waals surface area contributed by atoms with Gasteiger partial charge < -0.3 is 9.47 Å². The van der Waals surface area contributed by atoms with E-state index in [0.717, 1.165) is 10.0 Å². The Morgan fingerprint density at radius 1 is 1.19 bits per heavy atom. The summed E-state index contributed by atoms with van der Waals surface area (Å²) in [7, 11) is 1.47. The molecule has 0 amide bonds. The molecule has 21 heavy (non-hydrogen) atoms. The lowest BCUT2D eigenvalue weighted by atomic mass is 10.2. The third kappa shape index (κ3) is 3.70. The van der Waals surface area contributed by atoms with Crippen LogP contribution < -0.4 is 9.47 Å². The highest BCUT2D eigenvalue weighted by Crippen LogP contribution is 2.33. The molecule has 0 radical (unpaired) electrons. The van der Waals surface area contributed by atoms with Gasteiger partial charge in [-0.05, 0) is 42.8 Å². The maximum Gasteiger partial charge on any atom is 0.347 e. The van der Waals surface area contributed by atoms with Crippen molar-refractivity contribution in [1.29, 1.82) is 0 Å². The molecule has 0 bridgehead atoms. The predicted molar refractivity (Wildman–Crippen MR) is 86.9 cm³/mol. The minimum Gasteiger partial charge on any atom is -0.496 e. The fourth-order valence-electron chi connectivity index (χ4n) is 1.81. The van der Waals surface area contributed by atoms with Gasteiger partial charge in [-0.15, -0.1) is 0 Å². The number of halogens is 3. The van der Waals surface area contributed by atoms with Crippen molar-refractivity contribution in [2.75, 3.05) is 7.11 Å². The highest BCUT2D eigenvalue weighted by molar-refractivity contribution is 9.10. The second-order valence-electron chi connectivity index (χ2n) is 4.27. The standard InChI is InChI=1S/C15H11BrCl2O3/c1-8-5-9(16)6-12(18)14(8)21-15(19)11-7-10(17)3-4-13(11)20-2/h3-7H,1-2H3. The minimum absolute atomic E-state index is 0.239. The lowest BCUT2D eigenvalue weighted by Crippen LogP contribution is -2.11. The normalized spacial score (nSPS) is 10.3. The summed E-state index contributed by atoms with van der Waals surface area (Å²) in [5.41, 5.74) is 0.979. The van der Waals surface area contributed by atoms with Gasteiger partial charge in [0, 0.05) is 9.50 Å². The average molecular weight is 390 g/mol. The van der Waals surface area contributed by atoms with Crippen LogP contribution in [-0.2, 0) is 0 Å². The number of esters is 1. The summed E-state index contributed by atoms with van der Waals surface area (Å²) in [6.45, 7) is 1.80. The number of rotatable bonds is 3. The molecule has 2 aromatic carbocycles. The number of methoxy groups -OCH3 is 1. The molecule has 0 aliphatic rings. The number of ether oxygens (including phenoxy) is 2. The molecular formula is C15H11BrCl2O3. The van der Waals surface area contributed by atoms with E-state index in [4.69, 9.17) is 32.7 Å². The summed E-state index contributed by atoms with van der Waals surface area (Å²) in [4.78, 5) is 12.3. The van der Waals surface area contributed by atoms with Crippen LogP contribution in [0.25, 0.3) is 0 Å². The van der Waals surface area contributed by atoms with Crippen molar-refractivity contribution in [3.05, 3.63) is 56.0 Å². The Bertz CT molecular complexity index is 678. The highest BCUT2D eigenvalue weighted by atomic mass is 79.9. The van der Waals surface area contributed by atoms with Gasteiger partial charge in [0.2, 0.25) is 0 Å². The van der Waals surface area contributed by atoms with Gasteiger partial charge in [-0.3, -0.25) is 0 Å². The van der Waals surface area contributed by atoms with Gasteiger partial charge in [-0.1, -0.05) is 39.1 Å². The van der Waals surface area contributed by atoms with E-state index in [1.54, 1.807) is 25.1 Å². The van der Waals surface area contributed by atoms with Gasteiger partial charge in [0.15, 0.2) is 5.75 Å². The largest absolute Gasteiger partial charge is 0.496 e. The molecule has 6 heteroatoms. The molecule has 0 aromatic heterocycles. The van der Waals surface area contributed by atoms with Crippen molar-refractivity contribution in [2.24, 2.45) is 0 Å². The Hall–Kier alpha value is -1.23. The van der Waals surface area contributed by atoms with Gasteiger partial charge >= 0.3 is 5.97 Å². The molecule has 2 rings (SSSR count). The van der Waals surface area contributed by atoms with Crippen molar-refractivity contribution in [3.63, 3.8) is 0 Å². The Labute approximate surface area is 140 Å². The number of hydrogen-bond acceptors (Lipinski definition) is 3. The van der Waals surface area contributed by atoms with E-state index >= 15 is 0 Å². The number of benzene rings is 2. The zero-order valence-corrected chi connectivity index (χ0v) is 14.3. The van der Waals surface area contributed by atoms with Crippen LogP contribution in [0.1, 0.15) is 15.9 Å². The Balaban J connectivity index is 2.37. The molecule has 0 spiro atoms. The number of carbonyl (C=O) groups excluding carboxylic acids is 1. The summed E-state index contributed by atoms with van der Waals surface area (Å²) in [6.07, 6.45) is 0. The third-order valence-corrected chi connectivity index (χ3v) is 3.74. The molecule has 0 N–H and O–H groups in total. The quantitative estimate of drug-likeness (QED) is 0.528. The summed E-state index contributed by atoms with van der Waals surface area (Å²) < 4.78 is 11.3. The Kier molecular flexibility index (Phi) is 5.14. The van der Waals surface area contributed by atoms with Crippen molar-refractivity contribution in [3.8, 4) is 11.5 Å². The van der Waals surface area contributed by atoms with Gasteiger partial charge in [-0.25, -0.2) is 4.79 Å². The smallest absolute Gasteiger partial charge is 0.347 e. The molecule has 2 aromatic rings. The molecule has 0 fully saturated rings. The van der Waals surface area contributed by atoms with E-state index in [2.05, 4.69) is 15.9 Å². The molecule has 0 aliphatic heterocycles. The van der Waals surface area contributed by atoms with Crippen LogP contribution >= 0.6 is 39.1 Å². The van der Waals surface area contributed by atoms with Crippen molar-refractivity contribution < 1.29 is 14.3 Å². The van der Waals surface area contributed by atoms with E-state index in [0.29, 0.717) is 21.5 Å². The number of carbonyl (C=O) groups is 1. The topological polar surface area (TPSA) is 35.5 Å². The maximum absolute atomic E-state index is 12.3. The van der Waals surface area contributed by atoms with E-state index in [1.165, 1.54) is 13.2 Å². The second kappa shape index (κ2) is 6.69. The summed E-state index contributed by atoms with van der Waals surface area (Å²) in [5.74, 6) is 0.115. The van der Waals surface area contributed by atoms with Crippen LogP contribution in [0.4, 0.5) is 0 Å². The Morgan fingerprint density at radius 3 is 2.52 bits per heavy atom. The second-order valence-corrected chi connectivity index (χ2v) is 6.03. The van der Waals surface area contributed by atoms with Crippen molar-refractivity contribution in [2.45, 2.75) is 6.92 Å². The molecule has 110 valence electrons. The molecule has 0 atom stereocenters. The zero-order chi connectivity index (χ0) is 15.6. The summed E-state index contributed by atoms with van der Waals surface area (Å²) in [6, 6.07) is 8.20. The van der Waals surface area contributed by atoms with Crippen molar-refractivity contribution in [1.82, 2.24) is 0 Å². The lowest BCUT2D eigenvalue weighted by Gasteiger charge is -2.12. The molecule has 3 nitrogen and oxygen atoms in total. The van der Waals surface area contributed by atoms with Gasteiger partial charge in [0.05, 0.1) is 12.1 Å². The van der Waals surface area contributed by atoms with Crippen LogP contribution in [0.15, 0.2) is 34.8 Å². The van der Waals surface area contributed by atoms with Crippen LogP contribution in [-0.4, -0.2) is 13.1 Å². The van der Waals surface area contributed by atoms with Gasteiger partial charge in [0.25, 0.3) is 0 Å². The van der Waals surface area contributed by atoms with Crippen molar-refractivity contribution >= 4 is 45.1 Å². The SMILES string of the molecule is COc1ccc(Cl)cc1C(=O)Oc1c(C)cc(Br)cc1Cl. The van der Waals surface area contributed by atoms with E-state index in [-0.39, 0.29) is 5.56 Å². The van der Waals surface area contributed by atoms with E-state index in [9.17, 15) is 4.79 Å². The lowest BCUT2D eigenvalue weighted by molar-refractivity contribution is 0.0730. The summed E-state index contributed by atoms with van der Waals surface area (Å²) >= 11 is 15.3. The fraction of sp³-hybridized carbons (Fsp3) is 0.133. The number of hydrogen-bond donors (Lipinski definition) is 0. The molecular weight excluding hydrogens is 379 g/mol. The van der Waals surface area contributed by atoms with Crippen LogP contribution in [0.3, 0.4) is 0 Å². The first-order chi connectivity index (χ1) is 9.92. The third-order valence-electron chi connectivity index (χ3n) is 2.77. The first-order valence-corrected chi connectivity index (χ1v) is 7.48. The van der Waals surface area contributed by atoms with Crippen LogP contribution in [0.5, 0.6) is 11.5 Å². The monoisotopic (exact) mass is 388 g/mol. The van der Waals surface area contributed by atoms with Crippen LogP contribution in [0, 0.1) is 6.92 Å². The average Bonchev–Trinajstić information content (AvgIpc) is 2.42. The van der Waals surface area contributed by atoms with Crippen LogP contribution in [0.2, 0.25) is 10.0 Å². The molecule has 0 saturated carbocycles. The molecule has 0 heterocycles. The minimum atomic E-state index is -0.582. The molecule has 0 saturated heterocycles. The van der Waals surface area contributed by atoms with E-state index < -0.39 is 5.97 Å². The first-order valence-electron chi connectivity index (χ1n) is 5.93. The molecule has 0 unspecified atom stereocenters. The highest BCUT2D eigenvalue weighted by Gasteiger charge is 2.18. The van der Waals surface area contributed by atoms with E-state index in [1.807, 2.05) is 6.07 Å². The van der Waals surface area contributed by atoms with Gasteiger partial charge in [-0.2, -0.15) is 0 Å². The Morgan fingerprint density at radius 2 is 1.90 bits per heavy atom. The summed E-state index contributed by atoms with van der Waals surface area (Å²) in [5, 5.41) is 0.762. The maximum atomic E-state index is 12.3.